The Hall–Kier alpha value is -2.91. The number of nitrogens with zero attached hydrogens (tertiary/aromatic N) is 3. The van der Waals surface area contributed by atoms with E-state index in [0.717, 1.165) is 18.8 Å². The lowest BCUT2D eigenvalue weighted by molar-refractivity contribution is -0.159. The summed E-state index contributed by atoms with van der Waals surface area (Å²) in [6, 6.07) is 6.89. The first kappa shape index (κ1) is 28.1. The first-order valence-electron chi connectivity index (χ1n) is 13.8. The van der Waals surface area contributed by atoms with Crippen molar-refractivity contribution in [2.75, 3.05) is 49.2 Å². The van der Waals surface area contributed by atoms with Crippen LogP contribution in [-0.2, 0) is 23.9 Å². The first-order chi connectivity index (χ1) is 18.2. The van der Waals surface area contributed by atoms with Gasteiger partial charge in [0.25, 0.3) is 5.91 Å². The van der Waals surface area contributed by atoms with Crippen molar-refractivity contribution in [1.82, 2.24) is 4.90 Å². The molecule has 1 N–H and O–H groups in total. The van der Waals surface area contributed by atoms with Gasteiger partial charge in [0.05, 0.1) is 18.1 Å². The summed E-state index contributed by atoms with van der Waals surface area (Å²) in [6.45, 7) is 13.9. The highest BCUT2D eigenvalue weighted by atomic mass is 16.6. The van der Waals surface area contributed by atoms with Gasteiger partial charge < -0.3 is 29.3 Å². The minimum absolute atomic E-state index is 0.120. The Labute approximate surface area is 225 Å². The fourth-order valence-corrected chi connectivity index (χ4v) is 6.81. The number of fused-ring (bicyclic) bond motifs is 1. The molecule has 0 aliphatic carbocycles. The van der Waals surface area contributed by atoms with Crippen molar-refractivity contribution in [3.05, 3.63) is 36.9 Å². The number of aliphatic hydroxyl groups excluding tert-OH is 1. The summed E-state index contributed by atoms with van der Waals surface area (Å²) in [5.41, 5.74) is -0.243. The lowest BCUT2D eigenvalue weighted by Gasteiger charge is -2.37. The molecule has 1 aromatic carbocycles. The molecule has 2 unspecified atom stereocenters. The van der Waals surface area contributed by atoms with Crippen molar-refractivity contribution in [1.29, 1.82) is 0 Å². The maximum absolute atomic E-state index is 14.4. The van der Waals surface area contributed by atoms with Crippen LogP contribution in [0.5, 0.6) is 0 Å². The van der Waals surface area contributed by atoms with E-state index in [1.54, 1.807) is 17.9 Å². The molecule has 5 atom stereocenters. The van der Waals surface area contributed by atoms with Gasteiger partial charge >= 0.3 is 5.97 Å². The van der Waals surface area contributed by atoms with Gasteiger partial charge in [0, 0.05) is 44.2 Å². The number of benzene rings is 1. The van der Waals surface area contributed by atoms with E-state index in [0.29, 0.717) is 24.9 Å². The van der Waals surface area contributed by atoms with Gasteiger partial charge in [0.2, 0.25) is 5.91 Å². The maximum Gasteiger partial charge on any atom is 0.312 e. The topological polar surface area (TPSA) is 99.6 Å². The van der Waals surface area contributed by atoms with E-state index in [9.17, 15) is 19.5 Å². The summed E-state index contributed by atoms with van der Waals surface area (Å²) in [6.07, 6.45) is 3.03. The van der Waals surface area contributed by atoms with Gasteiger partial charge in [-0.3, -0.25) is 14.4 Å². The second kappa shape index (κ2) is 11.1. The largest absolute Gasteiger partial charge is 0.466 e. The highest BCUT2D eigenvalue weighted by molar-refractivity contribution is 6.05. The Bertz CT molecular complexity index is 1060. The third kappa shape index (κ3) is 4.39. The average Bonchev–Trinajstić information content (AvgIpc) is 3.47. The monoisotopic (exact) mass is 527 g/mol. The number of carbonyl (C=O) groups is 3. The van der Waals surface area contributed by atoms with Crippen molar-refractivity contribution in [2.24, 2.45) is 11.8 Å². The Balaban J connectivity index is 1.74. The molecule has 0 aromatic heterocycles. The third-order valence-corrected chi connectivity index (χ3v) is 8.48. The smallest absolute Gasteiger partial charge is 0.312 e. The Morgan fingerprint density at radius 1 is 1.18 bits per heavy atom. The minimum atomic E-state index is -1.13. The fraction of sp³-hybridized carbons (Fsp3) is 0.621. The zero-order valence-corrected chi connectivity index (χ0v) is 23.0. The van der Waals surface area contributed by atoms with Gasteiger partial charge in [-0.05, 0) is 71.2 Å². The molecule has 0 radical (unpaired) electrons. The Kier molecular flexibility index (Phi) is 8.18. The van der Waals surface area contributed by atoms with Crippen LogP contribution in [0.4, 0.5) is 11.4 Å². The molecule has 3 aliphatic heterocycles. The van der Waals surface area contributed by atoms with Crippen LogP contribution in [0, 0.1) is 11.8 Å². The van der Waals surface area contributed by atoms with Crippen LogP contribution in [-0.4, -0.2) is 84.4 Å². The number of ether oxygens (including phenoxy) is 2. The highest BCUT2D eigenvalue weighted by Gasteiger charge is 2.78. The van der Waals surface area contributed by atoms with E-state index >= 15 is 0 Å². The molecule has 0 saturated carbocycles. The zero-order chi connectivity index (χ0) is 27.7. The van der Waals surface area contributed by atoms with Gasteiger partial charge in [0.1, 0.15) is 17.6 Å². The van der Waals surface area contributed by atoms with Crippen molar-refractivity contribution in [2.45, 2.75) is 64.2 Å². The van der Waals surface area contributed by atoms with E-state index in [-0.39, 0.29) is 38.1 Å². The van der Waals surface area contributed by atoms with Gasteiger partial charge in [-0.25, -0.2) is 0 Å². The molecule has 3 heterocycles. The molecule has 3 aliphatic rings. The van der Waals surface area contributed by atoms with Gasteiger partial charge in [-0.1, -0.05) is 6.08 Å². The third-order valence-electron chi connectivity index (χ3n) is 8.48. The average molecular weight is 528 g/mol. The molecule has 1 aromatic rings. The SMILES string of the molecule is C=CCN(C(=O)C1N(CCCO)C(=O)[C@@H]2[C@H](C(=O)OCC)[C@]3(C)CCC12O3)c1ccc(N(CC)CC)cc1. The molecule has 2 amide bonds. The second-order valence-corrected chi connectivity index (χ2v) is 10.5. The van der Waals surface area contributed by atoms with Crippen LogP contribution in [0.25, 0.3) is 0 Å². The molecular weight excluding hydrogens is 486 g/mol. The van der Waals surface area contributed by atoms with E-state index in [2.05, 4.69) is 25.3 Å². The van der Waals surface area contributed by atoms with Crippen LogP contribution in [0.15, 0.2) is 36.9 Å². The van der Waals surface area contributed by atoms with Gasteiger partial charge in [-0.2, -0.15) is 0 Å². The standard InChI is InChI=1S/C29H41N3O6/c1-6-17-31(21-13-11-20(12-14-21)30(7-2)8-3)26(35)24-29-16-15-28(5,38-29)23(27(36)37-9-4)22(29)25(34)32(24)18-10-19-33/h6,11-14,22-24,33H,1,7-10,15-19H2,2-5H3/t22-,23+,24?,28-,29?/m0/s1. The lowest BCUT2D eigenvalue weighted by atomic mass is 9.66. The summed E-state index contributed by atoms with van der Waals surface area (Å²) in [5.74, 6) is -2.60. The minimum Gasteiger partial charge on any atom is -0.466 e. The van der Waals surface area contributed by atoms with Crippen molar-refractivity contribution < 1.29 is 29.0 Å². The number of hydrogen-bond acceptors (Lipinski definition) is 7. The summed E-state index contributed by atoms with van der Waals surface area (Å²) >= 11 is 0. The molecule has 4 rings (SSSR count). The summed E-state index contributed by atoms with van der Waals surface area (Å²) in [5, 5.41) is 9.55. The van der Waals surface area contributed by atoms with Crippen LogP contribution >= 0.6 is 0 Å². The molecular formula is C29H41N3O6. The van der Waals surface area contributed by atoms with Crippen LogP contribution in [0.1, 0.15) is 47.0 Å². The van der Waals surface area contributed by atoms with E-state index < -0.39 is 35.0 Å². The zero-order valence-electron chi connectivity index (χ0n) is 23.0. The van der Waals surface area contributed by atoms with Crippen molar-refractivity contribution >= 4 is 29.2 Å². The molecule has 9 nitrogen and oxygen atoms in total. The number of anilines is 2. The lowest BCUT2D eigenvalue weighted by Crippen LogP contribution is -2.56. The normalized spacial score (nSPS) is 29.3. The second-order valence-electron chi connectivity index (χ2n) is 10.5. The number of amides is 2. The molecule has 208 valence electrons. The van der Waals surface area contributed by atoms with Gasteiger partial charge in [0.15, 0.2) is 0 Å². The number of carbonyl (C=O) groups excluding carboxylic acids is 3. The molecule has 2 bridgehead atoms. The summed E-state index contributed by atoms with van der Waals surface area (Å²) in [7, 11) is 0. The quantitative estimate of drug-likeness (QED) is 0.330. The summed E-state index contributed by atoms with van der Waals surface area (Å²) in [4.78, 5) is 46.8. The van der Waals surface area contributed by atoms with Crippen molar-refractivity contribution in [3.63, 3.8) is 0 Å². The molecule has 3 saturated heterocycles. The van der Waals surface area contributed by atoms with E-state index in [4.69, 9.17) is 9.47 Å². The highest BCUT2D eigenvalue weighted by Crippen LogP contribution is 2.63. The molecule has 1 spiro atoms. The summed E-state index contributed by atoms with van der Waals surface area (Å²) < 4.78 is 12.0. The van der Waals surface area contributed by atoms with Crippen LogP contribution in [0.2, 0.25) is 0 Å². The number of esters is 1. The van der Waals surface area contributed by atoms with Crippen LogP contribution < -0.4 is 9.80 Å². The first-order valence-corrected chi connectivity index (χ1v) is 13.8. The van der Waals surface area contributed by atoms with E-state index in [1.165, 1.54) is 4.90 Å². The number of likely N-dealkylation sites (tertiary alicyclic amines) is 1. The number of rotatable bonds is 12. The molecule has 3 fully saturated rings. The maximum atomic E-state index is 14.4. The number of hydrogen-bond donors (Lipinski definition) is 1. The van der Waals surface area contributed by atoms with Crippen LogP contribution in [0.3, 0.4) is 0 Å². The predicted octanol–water partition coefficient (Wildman–Crippen LogP) is 2.76. The molecule has 9 heteroatoms. The van der Waals surface area contributed by atoms with Gasteiger partial charge in [-0.15, -0.1) is 6.58 Å². The van der Waals surface area contributed by atoms with E-state index in [1.807, 2.05) is 31.2 Å². The van der Waals surface area contributed by atoms with Crippen molar-refractivity contribution in [3.8, 4) is 0 Å². The number of aliphatic hydroxyl groups is 1. The predicted molar refractivity (Wildman–Crippen MR) is 145 cm³/mol. The fourth-order valence-electron chi connectivity index (χ4n) is 6.81. The molecule has 38 heavy (non-hydrogen) atoms. The Morgan fingerprint density at radius 3 is 2.42 bits per heavy atom. The Morgan fingerprint density at radius 2 is 1.84 bits per heavy atom.